The molecule has 1 saturated carbocycles. The Morgan fingerprint density at radius 2 is 1.53 bits per heavy atom. The fraction of sp³-hybridized carbons (Fsp3) is 0.625. The summed E-state index contributed by atoms with van der Waals surface area (Å²) in [6, 6.07) is 8.93. The third-order valence-corrected chi connectivity index (χ3v) is 3.90. The van der Waals surface area contributed by atoms with Gasteiger partial charge in [-0.1, -0.05) is 45.0 Å². The molecule has 1 fully saturated rings. The average Bonchev–Trinajstić information content (AvgIpc) is 2.95. The Labute approximate surface area is 105 Å². The number of hydrogen-bond acceptors (Lipinski definition) is 1. The van der Waals surface area contributed by atoms with Gasteiger partial charge >= 0.3 is 0 Å². The van der Waals surface area contributed by atoms with Gasteiger partial charge in [-0.15, -0.1) is 0 Å². The Balaban J connectivity index is 2.11. The summed E-state index contributed by atoms with van der Waals surface area (Å²) in [5, 5.41) is 9.97. The Morgan fingerprint density at radius 1 is 1.00 bits per heavy atom. The molecule has 1 N–H and O–H groups in total. The van der Waals surface area contributed by atoms with Gasteiger partial charge in [0.25, 0.3) is 0 Å². The van der Waals surface area contributed by atoms with Crippen molar-refractivity contribution in [1.29, 1.82) is 0 Å². The summed E-state index contributed by atoms with van der Waals surface area (Å²) in [6.45, 7) is 10.5. The smallest absolute Gasteiger partial charge is 0.0625 e. The molecule has 2 atom stereocenters. The summed E-state index contributed by atoms with van der Waals surface area (Å²) >= 11 is 0. The van der Waals surface area contributed by atoms with Crippen LogP contribution >= 0.6 is 0 Å². The maximum atomic E-state index is 9.97. The summed E-state index contributed by atoms with van der Waals surface area (Å²) in [5.41, 5.74) is 2.44. The van der Waals surface area contributed by atoms with E-state index in [0.717, 1.165) is 6.42 Å². The Hall–Kier alpha value is -0.820. The first-order valence-electron chi connectivity index (χ1n) is 6.52. The molecule has 0 aromatic heterocycles. The predicted octanol–water partition coefficient (Wildman–Crippen LogP) is 3.86. The van der Waals surface area contributed by atoms with Crippen LogP contribution in [0, 0.1) is 5.92 Å². The van der Waals surface area contributed by atoms with Crippen LogP contribution in [0.3, 0.4) is 0 Å². The molecule has 1 aliphatic carbocycles. The first-order valence-corrected chi connectivity index (χ1v) is 6.52. The quantitative estimate of drug-likeness (QED) is 0.821. The molecule has 0 heterocycles. The lowest BCUT2D eigenvalue weighted by Gasteiger charge is -2.20. The SMILES string of the molecule is CC(C)(C)c1ccc([C@H]2C[C@@H]2C(C)(C)O)cc1. The second-order valence-corrected chi connectivity index (χ2v) is 6.97. The number of rotatable bonds is 2. The van der Waals surface area contributed by atoms with Crippen molar-refractivity contribution >= 4 is 0 Å². The monoisotopic (exact) mass is 232 g/mol. The van der Waals surface area contributed by atoms with Crippen LogP contribution in [0.15, 0.2) is 24.3 Å². The van der Waals surface area contributed by atoms with E-state index in [0.29, 0.717) is 11.8 Å². The zero-order valence-corrected chi connectivity index (χ0v) is 11.6. The van der Waals surface area contributed by atoms with Crippen molar-refractivity contribution in [1.82, 2.24) is 0 Å². The summed E-state index contributed by atoms with van der Waals surface area (Å²) < 4.78 is 0. The van der Waals surface area contributed by atoms with Crippen molar-refractivity contribution in [2.45, 2.75) is 58.0 Å². The van der Waals surface area contributed by atoms with Crippen LogP contribution in [0.4, 0.5) is 0 Å². The van der Waals surface area contributed by atoms with E-state index in [1.54, 1.807) is 0 Å². The standard InChI is InChI=1S/C16H24O/c1-15(2,3)12-8-6-11(7-9-12)13-10-14(13)16(4,5)17/h6-9,13-14,17H,10H2,1-5H3/t13-,14+/m1/s1. The van der Waals surface area contributed by atoms with Crippen LogP contribution in [0.25, 0.3) is 0 Å². The highest BCUT2D eigenvalue weighted by Crippen LogP contribution is 2.53. The molecule has 0 radical (unpaired) electrons. The third kappa shape index (κ3) is 2.71. The third-order valence-electron chi connectivity index (χ3n) is 3.90. The van der Waals surface area contributed by atoms with E-state index in [2.05, 4.69) is 45.0 Å². The lowest BCUT2D eigenvalue weighted by Crippen LogP contribution is -2.22. The van der Waals surface area contributed by atoms with Crippen LogP contribution in [0.1, 0.15) is 58.1 Å². The minimum Gasteiger partial charge on any atom is -0.390 e. The van der Waals surface area contributed by atoms with Gasteiger partial charge in [0.2, 0.25) is 0 Å². The van der Waals surface area contributed by atoms with Crippen LogP contribution < -0.4 is 0 Å². The molecule has 1 aromatic carbocycles. The Bertz CT molecular complexity index is 389. The van der Waals surface area contributed by atoms with E-state index < -0.39 is 5.60 Å². The summed E-state index contributed by atoms with van der Waals surface area (Å²) in [7, 11) is 0. The van der Waals surface area contributed by atoms with E-state index in [9.17, 15) is 5.11 Å². The van der Waals surface area contributed by atoms with Crippen LogP contribution in [0.2, 0.25) is 0 Å². The fourth-order valence-electron chi connectivity index (χ4n) is 2.57. The summed E-state index contributed by atoms with van der Waals surface area (Å²) in [5.74, 6) is 0.993. The van der Waals surface area contributed by atoms with Gasteiger partial charge in [-0.3, -0.25) is 0 Å². The van der Waals surface area contributed by atoms with E-state index in [-0.39, 0.29) is 5.41 Å². The number of aliphatic hydroxyl groups is 1. The highest BCUT2D eigenvalue weighted by Gasteiger charge is 2.47. The molecule has 0 bridgehead atoms. The number of hydrogen-bond donors (Lipinski definition) is 1. The summed E-state index contributed by atoms with van der Waals surface area (Å²) in [4.78, 5) is 0. The van der Waals surface area contributed by atoms with E-state index >= 15 is 0 Å². The lowest BCUT2D eigenvalue weighted by molar-refractivity contribution is 0.0546. The van der Waals surface area contributed by atoms with Gasteiger partial charge < -0.3 is 5.11 Å². The molecule has 1 nitrogen and oxygen atoms in total. The molecule has 0 amide bonds. The molecule has 0 spiro atoms. The Morgan fingerprint density at radius 3 is 1.88 bits per heavy atom. The largest absolute Gasteiger partial charge is 0.390 e. The van der Waals surface area contributed by atoms with Gasteiger partial charge in [-0.25, -0.2) is 0 Å². The van der Waals surface area contributed by atoms with Gasteiger partial charge in [-0.2, -0.15) is 0 Å². The summed E-state index contributed by atoms with van der Waals surface area (Å²) in [6.07, 6.45) is 1.12. The normalized spacial score (nSPS) is 24.8. The van der Waals surface area contributed by atoms with Crippen molar-refractivity contribution in [3.63, 3.8) is 0 Å². The first kappa shape index (κ1) is 12.6. The highest BCUT2D eigenvalue weighted by molar-refractivity contribution is 5.33. The molecular weight excluding hydrogens is 208 g/mol. The Kier molecular flexibility index (Phi) is 2.86. The van der Waals surface area contributed by atoms with E-state index in [4.69, 9.17) is 0 Å². The second kappa shape index (κ2) is 3.84. The zero-order valence-electron chi connectivity index (χ0n) is 11.6. The fourth-order valence-corrected chi connectivity index (χ4v) is 2.57. The van der Waals surface area contributed by atoms with Gasteiger partial charge in [0.15, 0.2) is 0 Å². The molecule has 0 aliphatic heterocycles. The maximum Gasteiger partial charge on any atom is 0.0625 e. The average molecular weight is 232 g/mol. The van der Waals surface area contributed by atoms with Crippen molar-refractivity contribution in [3.8, 4) is 0 Å². The van der Waals surface area contributed by atoms with Crippen LogP contribution in [-0.4, -0.2) is 10.7 Å². The molecule has 0 saturated heterocycles. The van der Waals surface area contributed by atoms with Gasteiger partial charge in [0.1, 0.15) is 0 Å². The zero-order chi connectivity index (χ0) is 12.8. The van der Waals surface area contributed by atoms with E-state index in [1.807, 2.05) is 13.8 Å². The topological polar surface area (TPSA) is 20.2 Å². The van der Waals surface area contributed by atoms with Crippen molar-refractivity contribution in [3.05, 3.63) is 35.4 Å². The van der Waals surface area contributed by atoms with Crippen LogP contribution in [-0.2, 0) is 5.41 Å². The van der Waals surface area contributed by atoms with Gasteiger partial charge in [0.05, 0.1) is 5.60 Å². The lowest BCUT2D eigenvalue weighted by atomic mass is 9.86. The van der Waals surface area contributed by atoms with Crippen molar-refractivity contribution in [2.75, 3.05) is 0 Å². The molecular formula is C16H24O. The number of benzene rings is 1. The predicted molar refractivity (Wildman–Crippen MR) is 72.3 cm³/mol. The van der Waals surface area contributed by atoms with Crippen molar-refractivity contribution in [2.24, 2.45) is 5.92 Å². The molecule has 0 unspecified atom stereocenters. The molecule has 1 heteroatoms. The minimum atomic E-state index is -0.534. The first-order chi connectivity index (χ1) is 7.69. The molecule has 1 aromatic rings. The molecule has 1 aliphatic rings. The highest BCUT2D eigenvalue weighted by atomic mass is 16.3. The molecule has 94 valence electrons. The van der Waals surface area contributed by atoms with Gasteiger partial charge in [-0.05, 0) is 48.6 Å². The molecule has 17 heavy (non-hydrogen) atoms. The minimum absolute atomic E-state index is 0.220. The van der Waals surface area contributed by atoms with Gasteiger partial charge in [0, 0.05) is 0 Å². The van der Waals surface area contributed by atoms with E-state index in [1.165, 1.54) is 11.1 Å². The van der Waals surface area contributed by atoms with Crippen molar-refractivity contribution < 1.29 is 5.11 Å². The molecule has 2 rings (SSSR count). The maximum absolute atomic E-state index is 9.97. The van der Waals surface area contributed by atoms with Crippen LogP contribution in [0.5, 0.6) is 0 Å². The second-order valence-electron chi connectivity index (χ2n) is 6.97.